The van der Waals surface area contributed by atoms with Crippen molar-refractivity contribution >= 4 is 0 Å². The van der Waals surface area contributed by atoms with Crippen molar-refractivity contribution in [3.8, 4) is 29.0 Å². The number of hydrogen-bond acceptors (Lipinski definition) is 7. The summed E-state index contributed by atoms with van der Waals surface area (Å²) in [5, 5.41) is 9.61. The van der Waals surface area contributed by atoms with Gasteiger partial charge in [-0.1, -0.05) is 0 Å². The maximum Gasteiger partial charge on any atom is 0.259 e. The maximum atomic E-state index is 9.61. The molecule has 1 saturated carbocycles. The van der Waals surface area contributed by atoms with Crippen molar-refractivity contribution in [2.45, 2.75) is 18.9 Å². The second-order valence-corrected chi connectivity index (χ2v) is 7.39. The minimum absolute atomic E-state index is 0.00783. The molecule has 3 atom stereocenters. The topological polar surface area (TPSA) is 73.3 Å². The van der Waals surface area contributed by atoms with Gasteiger partial charge in [0.15, 0.2) is 5.75 Å². The summed E-state index contributed by atoms with van der Waals surface area (Å²) in [5.74, 6) is 3.64. The van der Waals surface area contributed by atoms with Crippen molar-refractivity contribution in [1.82, 2.24) is 9.88 Å². The molecule has 0 radical (unpaired) electrons. The van der Waals surface area contributed by atoms with Crippen molar-refractivity contribution in [1.29, 1.82) is 0 Å². The van der Waals surface area contributed by atoms with Gasteiger partial charge in [0.25, 0.3) is 5.88 Å². The van der Waals surface area contributed by atoms with Crippen LogP contribution in [-0.4, -0.2) is 55.1 Å². The molecule has 1 N–H and O–H groups in total. The van der Waals surface area contributed by atoms with Gasteiger partial charge in [-0.25, -0.2) is 0 Å². The van der Waals surface area contributed by atoms with Gasteiger partial charge in [0.2, 0.25) is 5.88 Å². The molecule has 1 aromatic heterocycles. The lowest BCUT2D eigenvalue weighted by Crippen LogP contribution is -2.28. The summed E-state index contributed by atoms with van der Waals surface area (Å²) in [6.45, 7) is 2.49. The SMILES string of the molecule is COc1ccc(O[C@H]2C[C@@H]3CN(COc4ccc(O)c(OC)n4)C[C@@H]3C2)cc1. The Balaban J connectivity index is 1.25. The van der Waals surface area contributed by atoms with E-state index in [0.29, 0.717) is 24.4 Å². The van der Waals surface area contributed by atoms with Crippen molar-refractivity contribution in [2.24, 2.45) is 11.8 Å². The van der Waals surface area contributed by atoms with Crippen LogP contribution in [0.5, 0.6) is 29.0 Å². The second kappa shape index (κ2) is 8.14. The summed E-state index contributed by atoms with van der Waals surface area (Å²) < 4.78 is 22.1. The van der Waals surface area contributed by atoms with E-state index < -0.39 is 0 Å². The third-order valence-corrected chi connectivity index (χ3v) is 5.55. The lowest BCUT2D eigenvalue weighted by Gasteiger charge is -2.20. The fraction of sp³-hybridized carbons (Fsp3) is 0.476. The van der Waals surface area contributed by atoms with E-state index in [1.54, 1.807) is 13.2 Å². The average Bonchev–Trinajstić information content (AvgIpc) is 3.26. The Morgan fingerprint density at radius 1 is 0.964 bits per heavy atom. The molecule has 1 aliphatic heterocycles. The molecule has 4 rings (SSSR count). The zero-order chi connectivity index (χ0) is 19.5. The number of fused-ring (bicyclic) bond motifs is 1. The van der Waals surface area contributed by atoms with Crippen LogP contribution in [0.2, 0.25) is 0 Å². The molecule has 2 heterocycles. The Morgan fingerprint density at radius 2 is 1.64 bits per heavy atom. The van der Waals surface area contributed by atoms with Crippen LogP contribution in [0.4, 0.5) is 0 Å². The van der Waals surface area contributed by atoms with Crippen molar-refractivity contribution in [3.63, 3.8) is 0 Å². The number of nitrogens with zero attached hydrogens (tertiary/aromatic N) is 2. The van der Waals surface area contributed by atoms with E-state index in [2.05, 4.69) is 9.88 Å². The average molecular weight is 386 g/mol. The summed E-state index contributed by atoms with van der Waals surface area (Å²) in [5.41, 5.74) is 0. The number of methoxy groups -OCH3 is 2. The molecule has 0 bridgehead atoms. The van der Waals surface area contributed by atoms with Crippen LogP contribution in [0.25, 0.3) is 0 Å². The molecule has 1 saturated heterocycles. The first-order chi connectivity index (χ1) is 13.6. The number of ether oxygens (including phenoxy) is 4. The number of rotatable bonds is 7. The zero-order valence-electron chi connectivity index (χ0n) is 16.2. The third-order valence-electron chi connectivity index (χ3n) is 5.55. The molecular weight excluding hydrogens is 360 g/mol. The minimum Gasteiger partial charge on any atom is -0.503 e. The largest absolute Gasteiger partial charge is 0.503 e. The fourth-order valence-corrected chi connectivity index (χ4v) is 4.19. The highest BCUT2D eigenvalue weighted by atomic mass is 16.5. The Bertz CT molecular complexity index is 784. The van der Waals surface area contributed by atoms with E-state index in [1.165, 1.54) is 13.2 Å². The first-order valence-corrected chi connectivity index (χ1v) is 9.54. The zero-order valence-corrected chi connectivity index (χ0v) is 16.2. The number of pyridine rings is 1. The molecule has 2 fully saturated rings. The molecule has 7 heteroatoms. The van der Waals surface area contributed by atoms with Crippen molar-refractivity contribution in [3.05, 3.63) is 36.4 Å². The fourth-order valence-electron chi connectivity index (χ4n) is 4.19. The van der Waals surface area contributed by atoms with Gasteiger partial charge < -0.3 is 24.1 Å². The maximum absolute atomic E-state index is 9.61. The molecule has 2 aliphatic rings. The van der Waals surface area contributed by atoms with Gasteiger partial charge >= 0.3 is 0 Å². The molecule has 1 aliphatic carbocycles. The van der Waals surface area contributed by atoms with Crippen LogP contribution in [0.3, 0.4) is 0 Å². The van der Waals surface area contributed by atoms with Gasteiger partial charge in [-0.2, -0.15) is 4.98 Å². The van der Waals surface area contributed by atoms with Crippen LogP contribution >= 0.6 is 0 Å². The quantitative estimate of drug-likeness (QED) is 0.784. The van der Waals surface area contributed by atoms with Crippen LogP contribution in [-0.2, 0) is 0 Å². The summed E-state index contributed by atoms with van der Waals surface area (Å²) in [7, 11) is 3.13. The van der Waals surface area contributed by atoms with Crippen LogP contribution in [0, 0.1) is 11.8 Å². The highest BCUT2D eigenvalue weighted by Gasteiger charge is 2.41. The third kappa shape index (κ3) is 4.09. The number of benzene rings is 1. The molecule has 2 aromatic rings. The molecule has 7 nitrogen and oxygen atoms in total. The number of aromatic hydroxyl groups is 1. The standard InChI is InChI=1S/C21H26N2O5/c1-25-16-3-5-17(6-4-16)28-18-9-14-11-23(12-15(14)10-18)13-27-20-8-7-19(24)21(22-20)26-2/h3-8,14-15,18,24H,9-13H2,1-2H3/t14-,15+,18+. The lowest BCUT2D eigenvalue weighted by atomic mass is 10.0. The van der Waals surface area contributed by atoms with Gasteiger partial charge in [-0.15, -0.1) is 0 Å². The minimum atomic E-state index is 0.00783. The predicted molar refractivity (Wildman–Crippen MR) is 103 cm³/mol. The van der Waals surface area contributed by atoms with E-state index in [9.17, 15) is 5.11 Å². The Kier molecular flexibility index (Phi) is 5.43. The predicted octanol–water partition coefficient (Wildman–Crippen LogP) is 2.93. The molecular formula is C21H26N2O5. The molecule has 0 spiro atoms. The van der Waals surface area contributed by atoms with E-state index >= 15 is 0 Å². The van der Waals surface area contributed by atoms with Crippen LogP contribution in [0.15, 0.2) is 36.4 Å². The molecule has 0 amide bonds. The normalized spacial score (nSPS) is 24.0. The first kappa shape index (κ1) is 18.7. The lowest BCUT2D eigenvalue weighted by molar-refractivity contribution is 0.124. The Labute approximate surface area is 164 Å². The van der Waals surface area contributed by atoms with Crippen LogP contribution < -0.4 is 18.9 Å². The van der Waals surface area contributed by atoms with E-state index in [0.717, 1.165) is 37.4 Å². The summed E-state index contributed by atoms with van der Waals surface area (Å²) in [6, 6.07) is 11.0. The number of aromatic nitrogens is 1. The molecule has 0 unspecified atom stereocenters. The van der Waals surface area contributed by atoms with Gasteiger partial charge in [-0.3, -0.25) is 4.90 Å². The van der Waals surface area contributed by atoms with Gasteiger partial charge in [0, 0.05) is 19.2 Å². The van der Waals surface area contributed by atoms with Gasteiger partial charge in [0.1, 0.15) is 18.2 Å². The van der Waals surface area contributed by atoms with Gasteiger partial charge in [-0.05, 0) is 55.0 Å². The molecule has 28 heavy (non-hydrogen) atoms. The second-order valence-electron chi connectivity index (χ2n) is 7.39. The Hall–Kier alpha value is -2.67. The van der Waals surface area contributed by atoms with Gasteiger partial charge in [0.05, 0.1) is 20.3 Å². The highest BCUT2D eigenvalue weighted by Crippen LogP contribution is 2.40. The van der Waals surface area contributed by atoms with E-state index in [-0.39, 0.29) is 17.7 Å². The summed E-state index contributed by atoms with van der Waals surface area (Å²) in [6.07, 6.45) is 2.41. The number of likely N-dealkylation sites (tertiary alicyclic amines) is 1. The highest BCUT2D eigenvalue weighted by molar-refractivity contribution is 5.35. The monoisotopic (exact) mass is 386 g/mol. The number of hydrogen-bond donors (Lipinski definition) is 1. The summed E-state index contributed by atoms with van der Waals surface area (Å²) in [4.78, 5) is 6.45. The molecule has 150 valence electrons. The van der Waals surface area contributed by atoms with E-state index in [4.69, 9.17) is 18.9 Å². The van der Waals surface area contributed by atoms with E-state index in [1.807, 2.05) is 24.3 Å². The van der Waals surface area contributed by atoms with Crippen molar-refractivity contribution < 1.29 is 24.1 Å². The van der Waals surface area contributed by atoms with Crippen LogP contribution in [0.1, 0.15) is 12.8 Å². The first-order valence-electron chi connectivity index (χ1n) is 9.54. The smallest absolute Gasteiger partial charge is 0.259 e. The Morgan fingerprint density at radius 3 is 2.29 bits per heavy atom. The summed E-state index contributed by atoms with van der Waals surface area (Å²) >= 11 is 0. The van der Waals surface area contributed by atoms with Crippen molar-refractivity contribution in [2.75, 3.05) is 34.0 Å². The molecule has 1 aromatic carbocycles.